The first-order valence-corrected chi connectivity index (χ1v) is 5.91. The van der Waals surface area contributed by atoms with Crippen molar-refractivity contribution in [3.63, 3.8) is 0 Å². The van der Waals surface area contributed by atoms with Crippen LogP contribution in [0, 0.1) is 0 Å². The lowest BCUT2D eigenvalue weighted by atomic mass is 9.99. The number of carboxylic acid groups (broad SMARTS) is 1. The van der Waals surface area contributed by atoms with Gasteiger partial charge in [0.15, 0.2) is 0 Å². The number of aromatic nitrogens is 1. The van der Waals surface area contributed by atoms with E-state index in [4.69, 9.17) is 14.4 Å². The summed E-state index contributed by atoms with van der Waals surface area (Å²) in [5, 5.41) is 12.6. The molecule has 100 valence electrons. The number of carboxylic acids is 1. The molecule has 0 aliphatic carbocycles. The fraction of sp³-hybridized carbons (Fsp3) is 0.286. The molecule has 0 aliphatic heterocycles. The minimum atomic E-state index is -1.14. The van der Waals surface area contributed by atoms with Gasteiger partial charge in [-0.25, -0.2) is 4.79 Å². The average molecular weight is 261 g/mol. The van der Waals surface area contributed by atoms with Gasteiger partial charge in [-0.3, -0.25) is 0 Å². The summed E-state index contributed by atoms with van der Waals surface area (Å²) in [4.78, 5) is 10.8. The molecular formula is C14H15NO4. The van der Waals surface area contributed by atoms with E-state index in [2.05, 4.69) is 19.0 Å². The number of ether oxygens (including phenoxy) is 1. The summed E-state index contributed by atoms with van der Waals surface area (Å²) in [6.07, 6.45) is 0. The van der Waals surface area contributed by atoms with Crippen molar-refractivity contribution in [2.75, 3.05) is 7.11 Å². The van der Waals surface area contributed by atoms with E-state index < -0.39 is 5.97 Å². The zero-order chi connectivity index (χ0) is 14.0. The smallest absolute Gasteiger partial charge is 0.374 e. The lowest BCUT2D eigenvalue weighted by Gasteiger charge is -2.10. The highest BCUT2D eigenvalue weighted by atomic mass is 16.5. The van der Waals surface area contributed by atoms with Crippen LogP contribution >= 0.6 is 0 Å². The molecule has 2 rings (SSSR count). The molecule has 1 heterocycles. The maximum Gasteiger partial charge on any atom is 0.374 e. The molecule has 1 aromatic carbocycles. The van der Waals surface area contributed by atoms with E-state index in [1.54, 1.807) is 7.11 Å². The third kappa shape index (κ3) is 2.59. The molecule has 0 unspecified atom stereocenters. The van der Waals surface area contributed by atoms with Crippen molar-refractivity contribution in [2.24, 2.45) is 0 Å². The molecule has 5 nitrogen and oxygen atoms in total. The van der Waals surface area contributed by atoms with Crippen LogP contribution in [0.2, 0.25) is 0 Å². The van der Waals surface area contributed by atoms with Crippen LogP contribution in [0.25, 0.3) is 11.3 Å². The van der Waals surface area contributed by atoms with Gasteiger partial charge in [-0.2, -0.15) is 0 Å². The highest BCUT2D eigenvalue weighted by Gasteiger charge is 2.16. The van der Waals surface area contributed by atoms with Crippen molar-refractivity contribution in [1.29, 1.82) is 0 Å². The molecule has 19 heavy (non-hydrogen) atoms. The normalized spacial score (nSPS) is 10.7. The molecule has 0 bridgehead atoms. The van der Waals surface area contributed by atoms with Crippen LogP contribution in [0.15, 0.2) is 28.8 Å². The van der Waals surface area contributed by atoms with Crippen molar-refractivity contribution in [3.05, 3.63) is 35.6 Å². The van der Waals surface area contributed by atoms with E-state index in [9.17, 15) is 4.79 Å². The fourth-order valence-corrected chi connectivity index (χ4v) is 1.79. The quantitative estimate of drug-likeness (QED) is 0.915. The molecule has 0 atom stereocenters. The standard InChI is InChI=1S/C14H15NO4/c1-8(2)9-4-5-12(18-3)10(6-9)11-7-13(14(16)17)19-15-11/h4-8H,1-3H3,(H,16,17). The Balaban J connectivity index is 2.51. The third-order valence-corrected chi connectivity index (χ3v) is 2.89. The maximum absolute atomic E-state index is 10.8. The van der Waals surface area contributed by atoms with E-state index in [0.717, 1.165) is 11.1 Å². The second-order valence-corrected chi connectivity index (χ2v) is 4.50. The summed E-state index contributed by atoms with van der Waals surface area (Å²) in [7, 11) is 1.56. The predicted octanol–water partition coefficient (Wildman–Crippen LogP) is 3.17. The number of methoxy groups -OCH3 is 1. The molecule has 0 fully saturated rings. The number of carbonyl (C=O) groups is 1. The van der Waals surface area contributed by atoms with E-state index in [-0.39, 0.29) is 5.76 Å². The first-order valence-electron chi connectivity index (χ1n) is 5.91. The SMILES string of the molecule is COc1ccc(C(C)C)cc1-c1cc(C(=O)O)on1. The Kier molecular flexibility index (Phi) is 3.55. The predicted molar refractivity (Wildman–Crippen MR) is 69.5 cm³/mol. The van der Waals surface area contributed by atoms with Crippen molar-refractivity contribution in [2.45, 2.75) is 19.8 Å². The van der Waals surface area contributed by atoms with Gasteiger partial charge in [0.1, 0.15) is 11.4 Å². The summed E-state index contributed by atoms with van der Waals surface area (Å²) in [6, 6.07) is 7.16. The average Bonchev–Trinajstić information content (AvgIpc) is 2.87. The molecule has 0 saturated carbocycles. The zero-order valence-electron chi connectivity index (χ0n) is 11.0. The van der Waals surface area contributed by atoms with Gasteiger partial charge in [-0.1, -0.05) is 25.1 Å². The molecule has 5 heteroatoms. The lowest BCUT2D eigenvalue weighted by molar-refractivity contribution is 0.0652. The molecule has 0 radical (unpaired) electrons. The van der Waals surface area contributed by atoms with Gasteiger partial charge in [-0.15, -0.1) is 0 Å². The van der Waals surface area contributed by atoms with Crippen molar-refractivity contribution in [3.8, 4) is 17.0 Å². The van der Waals surface area contributed by atoms with Gasteiger partial charge in [-0.05, 0) is 23.6 Å². The Morgan fingerprint density at radius 2 is 2.11 bits per heavy atom. The molecule has 0 aliphatic rings. The summed E-state index contributed by atoms with van der Waals surface area (Å²) >= 11 is 0. The summed E-state index contributed by atoms with van der Waals surface area (Å²) < 4.78 is 10.1. The highest BCUT2D eigenvalue weighted by molar-refractivity contribution is 5.86. The molecule has 1 N–H and O–H groups in total. The largest absolute Gasteiger partial charge is 0.496 e. The van der Waals surface area contributed by atoms with Gasteiger partial charge in [0.25, 0.3) is 0 Å². The van der Waals surface area contributed by atoms with E-state index in [1.165, 1.54) is 6.07 Å². The van der Waals surface area contributed by atoms with Crippen molar-refractivity contribution >= 4 is 5.97 Å². The van der Waals surface area contributed by atoms with Crippen LogP contribution in [0.3, 0.4) is 0 Å². The van der Waals surface area contributed by atoms with Gasteiger partial charge >= 0.3 is 5.97 Å². The van der Waals surface area contributed by atoms with Gasteiger partial charge in [0.2, 0.25) is 5.76 Å². The summed E-state index contributed by atoms with van der Waals surface area (Å²) in [6.45, 7) is 4.16. The monoisotopic (exact) mass is 261 g/mol. The van der Waals surface area contributed by atoms with Crippen LogP contribution in [0.4, 0.5) is 0 Å². The van der Waals surface area contributed by atoms with E-state index in [1.807, 2.05) is 18.2 Å². The molecule has 1 aromatic heterocycles. The number of hydrogen-bond acceptors (Lipinski definition) is 4. The van der Waals surface area contributed by atoms with Crippen LogP contribution in [0.5, 0.6) is 5.75 Å². The number of nitrogens with zero attached hydrogens (tertiary/aromatic N) is 1. The highest BCUT2D eigenvalue weighted by Crippen LogP contribution is 2.32. The zero-order valence-corrected chi connectivity index (χ0v) is 11.0. The van der Waals surface area contributed by atoms with Crippen LogP contribution < -0.4 is 4.74 Å². The van der Waals surface area contributed by atoms with Gasteiger partial charge in [0.05, 0.1) is 7.11 Å². The Labute approximate surface area is 110 Å². The minimum Gasteiger partial charge on any atom is -0.496 e. The Morgan fingerprint density at radius 3 is 2.63 bits per heavy atom. The van der Waals surface area contributed by atoms with Crippen LogP contribution in [0.1, 0.15) is 35.9 Å². The minimum absolute atomic E-state index is 0.188. The van der Waals surface area contributed by atoms with Gasteiger partial charge < -0.3 is 14.4 Å². The first kappa shape index (κ1) is 13.1. The Bertz CT molecular complexity index is 601. The van der Waals surface area contributed by atoms with E-state index >= 15 is 0 Å². The number of rotatable bonds is 4. The van der Waals surface area contributed by atoms with Crippen LogP contribution in [-0.4, -0.2) is 23.3 Å². The number of benzene rings is 1. The molecular weight excluding hydrogens is 246 g/mol. The summed E-state index contributed by atoms with van der Waals surface area (Å²) in [5.74, 6) is -0.338. The maximum atomic E-state index is 10.8. The summed E-state index contributed by atoms with van der Waals surface area (Å²) in [5.41, 5.74) is 2.30. The second-order valence-electron chi connectivity index (χ2n) is 4.50. The van der Waals surface area contributed by atoms with E-state index in [0.29, 0.717) is 17.4 Å². The first-order chi connectivity index (χ1) is 9.02. The molecule has 0 saturated heterocycles. The second kappa shape index (κ2) is 5.14. The lowest BCUT2D eigenvalue weighted by Crippen LogP contribution is -1.93. The Morgan fingerprint density at radius 1 is 1.37 bits per heavy atom. The number of aromatic carboxylic acids is 1. The van der Waals surface area contributed by atoms with Crippen molar-refractivity contribution in [1.82, 2.24) is 5.16 Å². The molecule has 0 spiro atoms. The molecule has 0 amide bonds. The third-order valence-electron chi connectivity index (χ3n) is 2.89. The number of hydrogen-bond donors (Lipinski definition) is 1. The molecule has 2 aromatic rings. The van der Waals surface area contributed by atoms with Crippen LogP contribution in [-0.2, 0) is 0 Å². The Hall–Kier alpha value is -2.30. The van der Waals surface area contributed by atoms with Crippen molar-refractivity contribution < 1.29 is 19.2 Å². The topological polar surface area (TPSA) is 72.6 Å². The van der Waals surface area contributed by atoms with Gasteiger partial charge in [0, 0.05) is 11.6 Å². The fourth-order valence-electron chi connectivity index (χ4n) is 1.79.